The molecule has 2 heterocycles. The number of esters is 2. The highest BCUT2D eigenvalue weighted by molar-refractivity contribution is 8.15. The molecule has 0 saturated heterocycles. The summed E-state index contributed by atoms with van der Waals surface area (Å²) in [5.41, 5.74) is 7.76. The van der Waals surface area contributed by atoms with Crippen LogP contribution in [0.5, 0.6) is 23.0 Å². The number of carbonyl (C=O) groups is 4. The van der Waals surface area contributed by atoms with E-state index in [-0.39, 0.29) is 60.4 Å². The summed E-state index contributed by atoms with van der Waals surface area (Å²) in [6.45, 7) is 35.8. The molecule has 2 aromatic carbocycles. The molecule has 6 atom stereocenters. The van der Waals surface area contributed by atoms with E-state index in [2.05, 4.69) is 83.1 Å². The van der Waals surface area contributed by atoms with E-state index in [0.29, 0.717) is 24.3 Å². The quantitative estimate of drug-likeness (QED) is 0.0276. The molecule has 0 radical (unpaired) electrons. The first-order chi connectivity index (χ1) is 39.3. The van der Waals surface area contributed by atoms with Crippen molar-refractivity contribution < 1.29 is 38.1 Å². The zero-order valence-electron chi connectivity index (χ0n) is 55.9. The molecule has 0 spiro atoms. The van der Waals surface area contributed by atoms with Gasteiger partial charge in [-0.3, -0.25) is 19.2 Å². The molecular formula is C73H120O8S2. The topological polar surface area (TPSA) is 105 Å². The number of fused-ring (bicyclic) bond motifs is 2. The Morgan fingerprint density at radius 1 is 0.422 bits per heavy atom. The van der Waals surface area contributed by atoms with Gasteiger partial charge in [-0.15, -0.1) is 0 Å². The Bertz CT molecular complexity index is 2180. The summed E-state index contributed by atoms with van der Waals surface area (Å²) in [6, 6.07) is 0. The summed E-state index contributed by atoms with van der Waals surface area (Å²) in [7, 11) is 0. The number of hydrogen-bond donors (Lipinski definition) is 0. The fourth-order valence-corrected chi connectivity index (χ4v) is 14.9. The second kappa shape index (κ2) is 37.0. The SMILES string of the molecule is Cc1c(C)c2c(c(C)c1OC(=O)CCC(=O)CCCSCSCCCC(=O)CCC(=O)Oc1c(C)c(C)c3c(c1C)CCC(C)(CCCC(C)CCCC(C)CCCC(C)C)O3)CCC(C)(CCCC(C)CCCC(C)CCCC(C)C)O2. The van der Waals surface area contributed by atoms with Crippen molar-refractivity contribution in [2.24, 2.45) is 35.5 Å². The van der Waals surface area contributed by atoms with Crippen LogP contribution in [0.2, 0.25) is 0 Å². The molecule has 0 aliphatic carbocycles. The maximum absolute atomic E-state index is 13.1. The Labute approximate surface area is 516 Å². The monoisotopic (exact) mass is 1190 g/mol. The fraction of sp³-hybridized carbons (Fsp3) is 0.781. The summed E-state index contributed by atoms with van der Waals surface area (Å²) >= 11 is 3.59. The van der Waals surface area contributed by atoms with Crippen LogP contribution in [0.3, 0.4) is 0 Å². The van der Waals surface area contributed by atoms with Crippen LogP contribution >= 0.6 is 23.5 Å². The number of rotatable bonds is 42. The van der Waals surface area contributed by atoms with Crippen molar-refractivity contribution >= 4 is 47.0 Å². The summed E-state index contributed by atoms with van der Waals surface area (Å²) in [5.74, 6) is 9.10. The van der Waals surface area contributed by atoms with Crippen molar-refractivity contribution in [3.8, 4) is 23.0 Å². The fourth-order valence-electron chi connectivity index (χ4n) is 12.8. The lowest BCUT2D eigenvalue weighted by molar-refractivity contribution is -0.136. The van der Waals surface area contributed by atoms with Crippen LogP contribution in [0.15, 0.2) is 0 Å². The molecule has 6 unspecified atom stereocenters. The summed E-state index contributed by atoms with van der Waals surface area (Å²) in [5, 5.41) is 0.892. The minimum absolute atomic E-state index is 0.0722. The van der Waals surface area contributed by atoms with Gasteiger partial charge in [-0.2, -0.15) is 23.5 Å². The van der Waals surface area contributed by atoms with Crippen molar-refractivity contribution in [3.63, 3.8) is 0 Å². The highest BCUT2D eigenvalue weighted by Crippen LogP contribution is 2.47. The second-order valence-electron chi connectivity index (χ2n) is 28.0. The Morgan fingerprint density at radius 2 is 0.747 bits per heavy atom. The van der Waals surface area contributed by atoms with Gasteiger partial charge in [0.15, 0.2) is 0 Å². The van der Waals surface area contributed by atoms with E-state index in [9.17, 15) is 19.2 Å². The Balaban J connectivity index is 1.04. The number of carbonyl (C=O) groups excluding carboxylic acids is 4. The normalized spacial score (nSPS) is 18.2. The van der Waals surface area contributed by atoms with Gasteiger partial charge in [-0.05, 0) is 200 Å². The van der Waals surface area contributed by atoms with Crippen LogP contribution in [0.4, 0.5) is 0 Å². The van der Waals surface area contributed by atoms with Gasteiger partial charge >= 0.3 is 11.9 Å². The average molecular weight is 1190 g/mol. The van der Waals surface area contributed by atoms with Crippen molar-refractivity contribution in [2.45, 2.75) is 315 Å². The molecule has 0 amide bonds. The summed E-state index contributed by atoms with van der Waals surface area (Å²) in [6.07, 6.45) is 29.7. The van der Waals surface area contributed by atoms with E-state index < -0.39 is 0 Å². The van der Waals surface area contributed by atoms with E-state index in [4.69, 9.17) is 18.9 Å². The number of ether oxygens (including phenoxy) is 4. The average Bonchev–Trinajstić information content (AvgIpc) is 3.59. The lowest BCUT2D eigenvalue weighted by Crippen LogP contribution is -2.37. The van der Waals surface area contributed by atoms with Crippen molar-refractivity contribution in [2.75, 3.05) is 16.6 Å². The number of thioether (sulfide) groups is 2. The first-order valence-corrected chi connectivity index (χ1v) is 35.9. The first-order valence-electron chi connectivity index (χ1n) is 33.5. The first kappa shape index (κ1) is 72.5. The Kier molecular flexibility index (Phi) is 32.3. The van der Waals surface area contributed by atoms with Gasteiger partial charge in [-0.1, -0.05) is 145 Å². The van der Waals surface area contributed by atoms with E-state index in [0.717, 1.165) is 159 Å². The predicted octanol–water partition coefficient (Wildman–Crippen LogP) is 20.8. The molecule has 83 heavy (non-hydrogen) atoms. The van der Waals surface area contributed by atoms with E-state index in [1.54, 1.807) is 23.5 Å². The third-order valence-electron chi connectivity index (χ3n) is 19.0. The highest BCUT2D eigenvalue weighted by Gasteiger charge is 2.37. The third-order valence-corrected chi connectivity index (χ3v) is 21.5. The molecule has 472 valence electrons. The van der Waals surface area contributed by atoms with Gasteiger partial charge in [0.05, 0.1) is 12.8 Å². The predicted molar refractivity (Wildman–Crippen MR) is 353 cm³/mol. The molecule has 2 aromatic rings. The molecule has 0 aromatic heterocycles. The molecule has 0 saturated carbocycles. The van der Waals surface area contributed by atoms with E-state index in [1.165, 1.54) is 103 Å². The smallest absolute Gasteiger partial charge is 0.311 e. The summed E-state index contributed by atoms with van der Waals surface area (Å²) in [4.78, 5) is 51.9. The van der Waals surface area contributed by atoms with Crippen LogP contribution in [0.25, 0.3) is 0 Å². The maximum atomic E-state index is 13.1. The zero-order chi connectivity index (χ0) is 61.3. The molecule has 2 aliphatic rings. The van der Waals surface area contributed by atoms with Crippen LogP contribution < -0.4 is 18.9 Å². The van der Waals surface area contributed by atoms with Gasteiger partial charge in [-0.25, -0.2) is 0 Å². The molecular weight excluding hydrogens is 1070 g/mol. The maximum Gasteiger partial charge on any atom is 0.311 e. The molecule has 4 rings (SSSR count). The number of benzene rings is 2. The van der Waals surface area contributed by atoms with Crippen LogP contribution in [0, 0.1) is 77.0 Å². The Hall–Kier alpha value is -2.98. The van der Waals surface area contributed by atoms with Crippen molar-refractivity contribution in [1.29, 1.82) is 0 Å². The number of hydrogen-bond acceptors (Lipinski definition) is 10. The largest absolute Gasteiger partial charge is 0.487 e. The van der Waals surface area contributed by atoms with Crippen molar-refractivity contribution in [1.82, 2.24) is 0 Å². The summed E-state index contributed by atoms with van der Waals surface area (Å²) < 4.78 is 25.7. The van der Waals surface area contributed by atoms with Crippen LogP contribution in [0.1, 0.15) is 294 Å². The van der Waals surface area contributed by atoms with E-state index >= 15 is 0 Å². The van der Waals surface area contributed by atoms with Gasteiger partial charge in [0.25, 0.3) is 0 Å². The number of Topliss-reactive ketones (excluding diaryl/α,β-unsaturated/α-hetero) is 2. The third kappa shape index (κ3) is 25.7. The second-order valence-corrected chi connectivity index (χ2v) is 30.6. The minimum Gasteiger partial charge on any atom is -0.487 e. The number of ketones is 2. The van der Waals surface area contributed by atoms with Crippen LogP contribution in [-0.4, -0.2) is 51.3 Å². The molecule has 2 aliphatic heterocycles. The van der Waals surface area contributed by atoms with E-state index in [1.807, 2.05) is 27.7 Å². The zero-order valence-corrected chi connectivity index (χ0v) is 57.5. The van der Waals surface area contributed by atoms with Gasteiger partial charge in [0.1, 0.15) is 45.8 Å². The van der Waals surface area contributed by atoms with Gasteiger partial charge in [0.2, 0.25) is 0 Å². The highest BCUT2D eigenvalue weighted by atomic mass is 32.2. The molecule has 10 heteroatoms. The van der Waals surface area contributed by atoms with Crippen LogP contribution in [-0.2, 0) is 32.0 Å². The van der Waals surface area contributed by atoms with Gasteiger partial charge < -0.3 is 18.9 Å². The molecule has 0 fully saturated rings. The molecule has 8 nitrogen and oxygen atoms in total. The minimum atomic E-state index is -0.364. The molecule has 0 N–H and O–H groups in total. The van der Waals surface area contributed by atoms with Crippen molar-refractivity contribution in [3.05, 3.63) is 44.5 Å². The Morgan fingerprint density at radius 3 is 1.08 bits per heavy atom. The molecule has 0 bridgehead atoms. The lowest BCUT2D eigenvalue weighted by atomic mass is 9.83. The standard InChI is InChI=1S/C73H120O8S2/c1-50(2)25-17-27-52(5)29-19-31-54(7)33-21-43-72(15)45-41-64-60(13)68(56(9)58(11)70(64)80-72)78-66(76)39-37-62(74)35-23-47-82-49-83-48-24-36-63(75)38-40-67(77)79-69-57(10)59(12)71-65(61(69)14)42-46-73(16,81-71)44-22-34-55(8)32-20-30-53(6)28-18-26-51(3)4/h50-55H,17-49H2,1-16H3. The van der Waals surface area contributed by atoms with Gasteiger partial charge in [0, 0.05) is 41.9 Å². The lowest BCUT2D eigenvalue weighted by Gasteiger charge is -2.38.